The van der Waals surface area contributed by atoms with Crippen LogP contribution in [0.5, 0.6) is 11.5 Å². The number of fused-ring (bicyclic) bond motifs is 1. The molecule has 0 spiro atoms. The zero-order valence-corrected chi connectivity index (χ0v) is 29.2. The van der Waals surface area contributed by atoms with Gasteiger partial charge in [-0.3, -0.25) is 33.8 Å². The van der Waals surface area contributed by atoms with E-state index >= 15 is 0 Å². The van der Waals surface area contributed by atoms with Gasteiger partial charge >= 0.3 is 23.8 Å². The number of carbonyl (C=O) groups excluding carboxylic acids is 6. The van der Waals surface area contributed by atoms with Gasteiger partial charge in [0.25, 0.3) is 5.91 Å². The highest BCUT2D eigenvalue weighted by atomic mass is 32.2. The molecule has 20 nitrogen and oxygen atoms in total. The Kier molecular flexibility index (Phi) is 10.2. The second-order valence-electron chi connectivity index (χ2n) is 11.8. The number of carboxylic acid groups (broad SMARTS) is 1. The van der Waals surface area contributed by atoms with E-state index in [0.717, 1.165) is 33.3 Å². The molecule has 6 N–H and O–H groups in total. The maximum Gasteiger partial charge on any atom is 0.352 e. The molecule has 1 unspecified atom stereocenters. The van der Waals surface area contributed by atoms with Crippen molar-refractivity contribution < 1.29 is 48.9 Å². The molecule has 3 atom stereocenters. The Morgan fingerprint density at radius 2 is 1.83 bits per heavy atom. The summed E-state index contributed by atoms with van der Waals surface area (Å²) in [6, 6.07) is 9.03. The summed E-state index contributed by atoms with van der Waals surface area (Å²) in [5.74, 6) is -6.13. The summed E-state index contributed by atoms with van der Waals surface area (Å²) in [6.07, 6.45) is 0.187. The average molecular weight is 767 g/mol. The van der Waals surface area contributed by atoms with Crippen molar-refractivity contribution in [3.05, 3.63) is 70.9 Å². The van der Waals surface area contributed by atoms with Gasteiger partial charge in [-0.25, -0.2) is 14.3 Å². The number of benzene rings is 2. The maximum absolute atomic E-state index is 14.0. The first-order valence-electron chi connectivity index (χ1n) is 15.6. The molecule has 7 amide bonds. The van der Waals surface area contributed by atoms with Gasteiger partial charge in [-0.15, -0.1) is 16.9 Å². The number of carbonyl (C=O) groups is 7. The Bertz CT molecular complexity index is 2050. The summed E-state index contributed by atoms with van der Waals surface area (Å²) in [5.41, 5.74) is -1.43. The van der Waals surface area contributed by atoms with E-state index in [0.29, 0.717) is 21.2 Å². The minimum atomic E-state index is -2.12. The molecule has 0 bridgehead atoms. The van der Waals surface area contributed by atoms with Crippen LogP contribution in [-0.4, -0.2) is 128 Å². The lowest BCUT2D eigenvalue weighted by Crippen LogP contribution is -2.85. The number of amides is 7. The molecule has 3 aliphatic heterocycles. The molecule has 0 saturated carbocycles. The van der Waals surface area contributed by atoms with Crippen LogP contribution in [-0.2, 0) is 42.4 Å². The van der Waals surface area contributed by atoms with Crippen molar-refractivity contribution in [2.75, 3.05) is 24.6 Å². The molecule has 1 aromatic heterocycles. The van der Waals surface area contributed by atoms with Gasteiger partial charge in [0.05, 0.1) is 0 Å². The summed E-state index contributed by atoms with van der Waals surface area (Å²) in [7, 11) is 1.61. The van der Waals surface area contributed by atoms with Crippen LogP contribution < -0.4 is 16.0 Å². The SMILES string of the molecule is Cn1nnnc1SCC1=C(C(=O)O)N2C(=O)[C@@](NC=O)(NC(=O)C(NC(=O)N3CCN(Cc4ccc(O)c(O)c4)C(=O)C3=O)c3ccccc3)[C@@H]2SC1. The molecule has 53 heavy (non-hydrogen) atoms. The smallest absolute Gasteiger partial charge is 0.352 e. The zero-order chi connectivity index (χ0) is 38.0. The summed E-state index contributed by atoms with van der Waals surface area (Å²) in [5, 5.41) is 47.2. The topological polar surface area (TPSA) is 270 Å². The van der Waals surface area contributed by atoms with Gasteiger partial charge in [0.2, 0.25) is 23.1 Å². The third-order valence-corrected chi connectivity index (χ3v) is 11.0. The third-order valence-electron chi connectivity index (χ3n) is 8.55. The Morgan fingerprint density at radius 1 is 1.08 bits per heavy atom. The van der Waals surface area contributed by atoms with E-state index in [1.54, 1.807) is 25.2 Å². The number of β-lactam (4-membered cyclic amide) rings is 1. The molecule has 0 radical (unpaired) electrons. The number of aromatic nitrogens is 4. The lowest BCUT2D eigenvalue weighted by Gasteiger charge is -2.56. The Hall–Kier alpha value is -6.16. The van der Waals surface area contributed by atoms with E-state index in [1.807, 2.05) is 0 Å². The van der Waals surface area contributed by atoms with Crippen LogP contribution in [0.15, 0.2) is 65.0 Å². The first-order valence-corrected chi connectivity index (χ1v) is 17.7. The Balaban J connectivity index is 1.19. The number of aromatic hydroxyl groups is 2. The molecule has 22 heteroatoms. The number of aryl methyl sites for hydroxylation is 1. The molecular formula is C31H30N10O10S2. The molecule has 6 rings (SSSR count). The standard InChI is InChI=1S/C31H30N10O10S2/c1-38-30(35-36-37-38)53-14-18-13-52-28-31(32-15-42,27(50)41(28)22(18)26(48)49)34-23(45)21(17-5-3-2-4-6-17)33-29(51)40-10-9-39(24(46)25(40)47)12-16-7-8-19(43)20(44)11-16/h2-8,11,15,21,28,43-44H,9-10,12-14H2,1H3,(H,32,42)(H,33,51)(H,34,45)(H,48,49)/t21?,28-,31+/m0/s1. The molecule has 0 aliphatic carbocycles. The quantitative estimate of drug-likeness (QED) is 0.0317. The average Bonchev–Trinajstić information content (AvgIpc) is 3.56. The number of tetrazole rings is 1. The van der Waals surface area contributed by atoms with E-state index < -0.39 is 58.5 Å². The fraction of sp³-hybridized carbons (Fsp3) is 0.290. The van der Waals surface area contributed by atoms with Crippen molar-refractivity contribution in [2.24, 2.45) is 7.05 Å². The fourth-order valence-electron chi connectivity index (χ4n) is 5.92. The highest BCUT2D eigenvalue weighted by Crippen LogP contribution is 2.46. The van der Waals surface area contributed by atoms with Crippen molar-refractivity contribution in [2.45, 2.75) is 28.8 Å². The predicted octanol–water partition coefficient (Wildman–Crippen LogP) is -1.15. The molecule has 2 fully saturated rings. The van der Waals surface area contributed by atoms with Crippen LogP contribution in [0.2, 0.25) is 0 Å². The largest absolute Gasteiger partial charge is 0.504 e. The van der Waals surface area contributed by atoms with Gasteiger partial charge in [-0.05, 0) is 39.3 Å². The molecule has 3 aliphatic rings. The van der Waals surface area contributed by atoms with Gasteiger partial charge in [0.15, 0.2) is 11.5 Å². The number of hydrogen-bond acceptors (Lipinski definition) is 14. The number of rotatable bonds is 12. The summed E-state index contributed by atoms with van der Waals surface area (Å²) in [6.45, 7) is -0.450. The number of nitrogens with one attached hydrogen (secondary N) is 3. The van der Waals surface area contributed by atoms with E-state index in [9.17, 15) is 48.9 Å². The molecule has 3 aromatic rings. The number of carboxylic acids is 1. The summed E-state index contributed by atoms with van der Waals surface area (Å²) < 4.78 is 1.40. The van der Waals surface area contributed by atoms with Crippen LogP contribution in [0.25, 0.3) is 0 Å². The Labute approximate surface area is 307 Å². The molecule has 276 valence electrons. The number of nitrogens with zero attached hydrogens (tertiary/aromatic N) is 7. The molecule has 2 aromatic carbocycles. The number of imide groups is 1. The van der Waals surface area contributed by atoms with Crippen LogP contribution in [0.3, 0.4) is 0 Å². The Morgan fingerprint density at radius 3 is 2.49 bits per heavy atom. The van der Waals surface area contributed by atoms with E-state index in [2.05, 4.69) is 31.5 Å². The minimum absolute atomic E-state index is 0.0904. The lowest BCUT2D eigenvalue weighted by molar-refractivity contribution is -0.163. The van der Waals surface area contributed by atoms with Crippen molar-refractivity contribution in [1.29, 1.82) is 0 Å². The number of aliphatic carboxylic acids is 1. The fourth-order valence-corrected chi connectivity index (χ4v) is 8.34. The number of phenols is 2. The van der Waals surface area contributed by atoms with Gasteiger partial charge in [-0.2, -0.15) is 0 Å². The lowest BCUT2D eigenvalue weighted by atomic mass is 9.94. The van der Waals surface area contributed by atoms with Crippen molar-refractivity contribution in [1.82, 2.24) is 50.9 Å². The van der Waals surface area contributed by atoms with Crippen LogP contribution >= 0.6 is 23.5 Å². The van der Waals surface area contributed by atoms with E-state index in [-0.39, 0.29) is 54.6 Å². The summed E-state index contributed by atoms with van der Waals surface area (Å²) >= 11 is 2.24. The minimum Gasteiger partial charge on any atom is -0.504 e. The first kappa shape index (κ1) is 36.6. The van der Waals surface area contributed by atoms with Crippen LogP contribution in [0.4, 0.5) is 4.79 Å². The predicted molar refractivity (Wildman–Crippen MR) is 182 cm³/mol. The summed E-state index contributed by atoms with van der Waals surface area (Å²) in [4.78, 5) is 94.5. The monoisotopic (exact) mass is 766 g/mol. The van der Waals surface area contributed by atoms with Crippen molar-refractivity contribution in [3.8, 4) is 11.5 Å². The number of piperazine rings is 1. The number of phenolic OH excluding ortho intramolecular Hbond substituents is 2. The van der Waals surface area contributed by atoms with Crippen molar-refractivity contribution in [3.63, 3.8) is 0 Å². The maximum atomic E-state index is 14.0. The highest BCUT2D eigenvalue weighted by molar-refractivity contribution is 8.01. The van der Waals surface area contributed by atoms with Gasteiger partial charge in [0.1, 0.15) is 17.1 Å². The first-order chi connectivity index (χ1) is 25.4. The van der Waals surface area contributed by atoms with Crippen molar-refractivity contribution >= 4 is 65.6 Å². The third kappa shape index (κ3) is 6.92. The second-order valence-corrected chi connectivity index (χ2v) is 13.8. The number of thioether (sulfide) groups is 2. The molecular weight excluding hydrogens is 737 g/mol. The van der Waals surface area contributed by atoms with E-state index in [4.69, 9.17) is 0 Å². The van der Waals surface area contributed by atoms with Crippen LogP contribution in [0, 0.1) is 0 Å². The highest BCUT2D eigenvalue weighted by Gasteiger charge is 2.66. The van der Waals surface area contributed by atoms with E-state index in [1.165, 1.54) is 35.0 Å². The number of hydrogen-bond donors (Lipinski definition) is 6. The van der Waals surface area contributed by atoms with Gasteiger partial charge in [-0.1, -0.05) is 48.2 Å². The zero-order valence-electron chi connectivity index (χ0n) is 27.5. The number of urea groups is 1. The molecule has 2 saturated heterocycles. The normalized spacial score (nSPS) is 20.4. The second kappa shape index (κ2) is 14.8. The van der Waals surface area contributed by atoms with Gasteiger partial charge < -0.3 is 36.2 Å². The molecule has 4 heterocycles. The van der Waals surface area contributed by atoms with Gasteiger partial charge in [0, 0.05) is 38.2 Å². The van der Waals surface area contributed by atoms with Crippen LogP contribution in [0.1, 0.15) is 17.2 Å².